The van der Waals surface area contributed by atoms with Crippen LogP contribution >= 0.6 is 0 Å². The fourth-order valence-corrected chi connectivity index (χ4v) is 3.99. The summed E-state index contributed by atoms with van der Waals surface area (Å²) in [5.74, 6) is 0.360. The second kappa shape index (κ2) is 4.50. The van der Waals surface area contributed by atoms with E-state index in [1.54, 1.807) is 18.5 Å². The van der Waals surface area contributed by atoms with E-state index in [9.17, 15) is 4.39 Å². The highest BCUT2D eigenvalue weighted by atomic mass is 19.1. The number of hydrogen-bond acceptors (Lipinski definition) is 4. The molecule has 2 atom stereocenters. The first-order valence-corrected chi connectivity index (χ1v) is 8.31. The normalized spacial score (nSPS) is 20.7. The van der Waals surface area contributed by atoms with Crippen LogP contribution in [0.3, 0.4) is 0 Å². The van der Waals surface area contributed by atoms with Crippen LogP contribution in [-0.4, -0.2) is 29.9 Å². The number of nitrogens with zero attached hydrogens (tertiary/aromatic N) is 5. The molecule has 6 rings (SSSR count). The highest BCUT2D eigenvalue weighted by Crippen LogP contribution is 2.54. The van der Waals surface area contributed by atoms with Crippen molar-refractivity contribution in [2.75, 3.05) is 0 Å². The van der Waals surface area contributed by atoms with Crippen molar-refractivity contribution < 1.29 is 4.39 Å². The molecule has 5 heterocycles. The predicted octanol–water partition coefficient (Wildman–Crippen LogP) is 3.14. The minimum atomic E-state index is -0.347. The highest BCUT2D eigenvalue weighted by molar-refractivity contribution is 5.97. The zero-order valence-corrected chi connectivity index (χ0v) is 13.1. The van der Waals surface area contributed by atoms with Gasteiger partial charge in [0.05, 0.1) is 24.1 Å². The lowest BCUT2D eigenvalue weighted by Gasteiger charge is -2.07. The van der Waals surface area contributed by atoms with Crippen molar-refractivity contribution in [2.45, 2.75) is 18.9 Å². The topological polar surface area (TPSA) is 72.3 Å². The van der Waals surface area contributed by atoms with E-state index in [0.29, 0.717) is 17.7 Å². The number of aromatic amines is 1. The average molecular weight is 332 g/mol. The van der Waals surface area contributed by atoms with Gasteiger partial charge < -0.3 is 0 Å². The van der Waals surface area contributed by atoms with E-state index >= 15 is 0 Å². The molecule has 2 aliphatic rings. The number of pyridine rings is 2. The van der Waals surface area contributed by atoms with E-state index in [0.717, 1.165) is 34.3 Å². The monoisotopic (exact) mass is 332 g/mol. The molecule has 1 saturated carbocycles. The third kappa shape index (κ3) is 1.77. The first-order valence-electron chi connectivity index (χ1n) is 8.31. The largest absolute Gasteiger partial charge is 0.265 e. The second-order valence-corrected chi connectivity index (χ2v) is 6.73. The first kappa shape index (κ1) is 13.2. The van der Waals surface area contributed by atoms with E-state index < -0.39 is 0 Å². The van der Waals surface area contributed by atoms with Crippen LogP contribution in [0.25, 0.3) is 33.5 Å². The lowest BCUT2D eigenvalue weighted by atomic mass is 9.98. The quantitative estimate of drug-likeness (QED) is 0.612. The molecule has 0 spiro atoms. The van der Waals surface area contributed by atoms with Crippen LogP contribution < -0.4 is 0 Å². The van der Waals surface area contributed by atoms with Gasteiger partial charge in [-0.3, -0.25) is 14.8 Å². The average Bonchev–Trinajstić information content (AvgIpc) is 2.99. The van der Waals surface area contributed by atoms with Crippen LogP contribution in [0.4, 0.5) is 4.39 Å². The molecular formula is C18H13FN6. The fourth-order valence-electron chi connectivity index (χ4n) is 3.99. The molecule has 0 unspecified atom stereocenters. The van der Waals surface area contributed by atoms with Gasteiger partial charge in [0.1, 0.15) is 11.5 Å². The number of H-pyrrole nitrogens is 1. The Morgan fingerprint density at radius 3 is 3.00 bits per heavy atom. The maximum absolute atomic E-state index is 13.3. The van der Waals surface area contributed by atoms with Gasteiger partial charge in [-0.1, -0.05) is 0 Å². The molecule has 4 aromatic heterocycles. The lowest BCUT2D eigenvalue weighted by molar-refractivity contribution is 0.621. The molecule has 0 radical (unpaired) electrons. The predicted molar refractivity (Wildman–Crippen MR) is 89.1 cm³/mol. The molecule has 0 amide bonds. The summed E-state index contributed by atoms with van der Waals surface area (Å²) in [6.07, 6.45) is 7.03. The van der Waals surface area contributed by atoms with Gasteiger partial charge in [0.2, 0.25) is 0 Å². The zero-order chi connectivity index (χ0) is 16.5. The summed E-state index contributed by atoms with van der Waals surface area (Å²) in [4.78, 5) is 8.60. The van der Waals surface area contributed by atoms with Gasteiger partial charge in [-0.05, 0) is 42.5 Å². The van der Waals surface area contributed by atoms with Crippen molar-refractivity contribution in [3.8, 4) is 22.5 Å². The van der Waals surface area contributed by atoms with Crippen molar-refractivity contribution in [1.82, 2.24) is 29.9 Å². The molecule has 0 bridgehead atoms. The smallest absolute Gasteiger partial charge is 0.155 e. The number of halogens is 1. The first-order chi connectivity index (χ1) is 12.3. The molecule has 7 heteroatoms. The number of nitrogens with one attached hydrogen (secondary N) is 1. The molecule has 4 aromatic rings. The van der Waals surface area contributed by atoms with E-state index in [4.69, 9.17) is 5.10 Å². The highest BCUT2D eigenvalue weighted by Gasteiger charge is 2.48. The number of rotatable bonds is 2. The molecule has 1 N–H and O–H groups in total. The van der Waals surface area contributed by atoms with Crippen molar-refractivity contribution in [3.63, 3.8) is 0 Å². The van der Waals surface area contributed by atoms with Gasteiger partial charge in [-0.15, -0.1) is 0 Å². The summed E-state index contributed by atoms with van der Waals surface area (Å²) in [6, 6.07) is 5.61. The Bertz CT molecular complexity index is 1130. The van der Waals surface area contributed by atoms with Gasteiger partial charge in [0, 0.05) is 22.8 Å². The molecule has 1 fully saturated rings. The molecule has 0 saturated heterocycles. The van der Waals surface area contributed by atoms with Crippen molar-refractivity contribution in [2.24, 2.45) is 5.92 Å². The van der Waals surface area contributed by atoms with Crippen LogP contribution in [-0.2, 0) is 6.42 Å². The van der Waals surface area contributed by atoms with Crippen molar-refractivity contribution in [1.29, 1.82) is 0 Å². The minimum absolute atomic E-state index is 0.347. The van der Waals surface area contributed by atoms with Gasteiger partial charge in [-0.25, -0.2) is 9.37 Å². The Kier molecular flexibility index (Phi) is 2.38. The van der Waals surface area contributed by atoms with E-state index in [2.05, 4.69) is 24.8 Å². The Morgan fingerprint density at radius 2 is 2.12 bits per heavy atom. The van der Waals surface area contributed by atoms with E-state index in [1.165, 1.54) is 24.4 Å². The SMILES string of the molecule is Fc1ccc(-c2nn3c(c2-c2ccnc4[nH]ncc24)C[C@H]2C[C@H]23)nc1. The van der Waals surface area contributed by atoms with Gasteiger partial charge in [-0.2, -0.15) is 10.2 Å². The van der Waals surface area contributed by atoms with Gasteiger partial charge >= 0.3 is 0 Å². The summed E-state index contributed by atoms with van der Waals surface area (Å²) in [5.41, 5.74) is 5.58. The number of hydrogen-bond donors (Lipinski definition) is 1. The fraction of sp³-hybridized carbons (Fsp3) is 0.222. The Hall–Kier alpha value is -3.09. The van der Waals surface area contributed by atoms with Crippen LogP contribution in [0, 0.1) is 11.7 Å². The summed E-state index contributed by atoms with van der Waals surface area (Å²) in [5, 5.41) is 12.9. The molecule has 6 nitrogen and oxygen atoms in total. The lowest BCUT2D eigenvalue weighted by Crippen LogP contribution is -1.96. The van der Waals surface area contributed by atoms with Crippen molar-refractivity contribution >= 4 is 11.0 Å². The summed E-state index contributed by atoms with van der Waals surface area (Å²) < 4.78 is 15.5. The Balaban J connectivity index is 1.66. The molecule has 1 aliphatic carbocycles. The molecule has 25 heavy (non-hydrogen) atoms. The second-order valence-electron chi connectivity index (χ2n) is 6.73. The van der Waals surface area contributed by atoms with E-state index in [1.807, 2.05) is 6.07 Å². The Labute approximate surface area is 141 Å². The maximum Gasteiger partial charge on any atom is 0.155 e. The van der Waals surface area contributed by atoms with Gasteiger partial charge in [0.15, 0.2) is 5.65 Å². The summed E-state index contributed by atoms with van der Waals surface area (Å²) in [7, 11) is 0. The van der Waals surface area contributed by atoms with E-state index in [-0.39, 0.29) is 5.82 Å². The number of aromatic nitrogens is 6. The minimum Gasteiger partial charge on any atom is -0.265 e. The molecule has 0 aromatic carbocycles. The molecule has 1 aliphatic heterocycles. The van der Waals surface area contributed by atoms with Crippen LogP contribution in [0.15, 0.2) is 36.8 Å². The molecular weight excluding hydrogens is 319 g/mol. The van der Waals surface area contributed by atoms with Crippen LogP contribution in [0.2, 0.25) is 0 Å². The third-order valence-electron chi connectivity index (χ3n) is 5.26. The van der Waals surface area contributed by atoms with Crippen molar-refractivity contribution in [3.05, 3.63) is 48.3 Å². The van der Waals surface area contributed by atoms with Gasteiger partial charge in [0.25, 0.3) is 0 Å². The standard InChI is InChI=1S/C18H13FN6/c19-10-1-2-13(21-7-10)17-16(15-6-9-5-14(9)25(15)24-17)11-3-4-20-18-12(11)8-22-23-18/h1-4,7-9,14H,5-6H2,(H,20,22,23)/t9-,14-/m1/s1. The van der Waals surface area contributed by atoms with Crippen LogP contribution in [0.5, 0.6) is 0 Å². The maximum atomic E-state index is 13.3. The number of fused-ring (bicyclic) bond motifs is 4. The summed E-state index contributed by atoms with van der Waals surface area (Å²) >= 11 is 0. The summed E-state index contributed by atoms with van der Waals surface area (Å²) in [6.45, 7) is 0. The zero-order valence-electron chi connectivity index (χ0n) is 13.1. The molecule has 122 valence electrons. The Morgan fingerprint density at radius 1 is 1.16 bits per heavy atom. The third-order valence-corrected chi connectivity index (χ3v) is 5.26. The van der Waals surface area contributed by atoms with Crippen LogP contribution in [0.1, 0.15) is 18.2 Å².